The number of hydrogen-bond acceptors (Lipinski definition) is 7. The summed E-state index contributed by atoms with van der Waals surface area (Å²) in [5.41, 5.74) is 2.09. The summed E-state index contributed by atoms with van der Waals surface area (Å²) in [6, 6.07) is 13.3. The van der Waals surface area contributed by atoms with Gasteiger partial charge in [0.25, 0.3) is 11.6 Å². The molecule has 9 nitrogen and oxygen atoms in total. The lowest BCUT2D eigenvalue weighted by Gasteiger charge is -2.35. The summed E-state index contributed by atoms with van der Waals surface area (Å²) in [7, 11) is 0. The lowest BCUT2D eigenvalue weighted by Crippen LogP contribution is -2.49. The van der Waals surface area contributed by atoms with Gasteiger partial charge >= 0.3 is 0 Å². The van der Waals surface area contributed by atoms with Crippen molar-refractivity contribution in [1.82, 2.24) is 20.1 Å². The van der Waals surface area contributed by atoms with Crippen molar-refractivity contribution in [2.45, 2.75) is 0 Å². The fourth-order valence-electron chi connectivity index (χ4n) is 3.21. The molecular formula is C20H18N6O3. The minimum Gasteiger partial charge on any atom is -0.352 e. The Kier molecular flexibility index (Phi) is 5.10. The Morgan fingerprint density at radius 2 is 1.72 bits per heavy atom. The minimum atomic E-state index is -0.479. The number of hydrogen-bond donors (Lipinski definition) is 0. The molecule has 1 saturated heterocycles. The molecule has 9 heteroatoms. The van der Waals surface area contributed by atoms with E-state index in [1.807, 2.05) is 24.3 Å². The number of rotatable bonds is 4. The van der Waals surface area contributed by atoms with Gasteiger partial charge in [0.2, 0.25) is 0 Å². The highest BCUT2D eigenvalue weighted by atomic mass is 16.6. The summed E-state index contributed by atoms with van der Waals surface area (Å²) < 4.78 is 0. The molecule has 1 amide bonds. The summed E-state index contributed by atoms with van der Waals surface area (Å²) in [4.78, 5) is 30.8. The second-order valence-corrected chi connectivity index (χ2v) is 6.60. The Balaban J connectivity index is 1.37. The first-order valence-electron chi connectivity index (χ1n) is 9.14. The first-order chi connectivity index (χ1) is 14.1. The lowest BCUT2D eigenvalue weighted by atomic mass is 10.1. The second kappa shape index (κ2) is 8.01. The number of pyridine rings is 1. The predicted molar refractivity (Wildman–Crippen MR) is 106 cm³/mol. The van der Waals surface area contributed by atoms with Crippen LogP contribution < -0.4 is 4.90 Å². The molecule has 3 heterocycles. The number of nitro benzene ring substituents is 1. The van der Waals surface area contributed by atoms with Gasteiger partial charge in [-0.15, -0.1) is 10.2 Å². The molecule has 146 valence electrons. The van der Waals surface area contributed by atoms with Crippen LogP contribution in [0, 0.1) is 10.1 Å². The van der Waals surface area contributed by atoms with Gasteiger partial charge in [0.15, 0.2) is 5.82 Å². The summed E-state index contributed by atoms with van der Waals surface area (Å²) in [6.07, 6.45) is 3.45. The first kappa shape index (κ1) is 18.5. The predicted octanol–water partition coefficient (Wildman–Crippen LogP) is 2.41. The van der Waals surface area contributed by atoms with Crippen LogP contribution in [-0.2, 0) is 0 Å². The van der Waals surface area contributed by atoms with Crippen LogP contribution in [0.3, 0.4) is 0 Å². The highest BCUT2D eigenvalue weighted by Crippen LogP contribution is 2.19. The van der Waals surface area contributed by atoms with Gasteiger partial charge in [0.1, 0.15) is 0 Å². The quantitative estimate of drug-likeness (QED) is 0.497. The lowest BCUT2D eigenvalue weighted by molar-refractivity contribution is -0.384. The largest absolute Gasteiger partial charge is 0.352 e. The molecule has 1 aromatic carbocycles. The van der Waals surface area contributed by atoms with Crippen LogP contribution in [0.15, 0.2) is 60.9 Å². The molecular weight excluding hydrogens is 372 g/mol. The average Bonchev–Trinajstić information content (AvgIpc) is 2.79. The molecule has 1 fully saturated rings. The highest BCUT2D eigenvalue weighted by Gasteiger charge is 2.23. The highest BCUT2D eigenvalue weighted by molar-refractivity contribution is 5.94. The topological polar surface area (TPSA) is 105 Å². The van der Waals surface area contributed by atoms with Gasteiger partial charge in [-0.1, -0.05) is 0 Å². The smallest absolute Gasteiger partial charge is 0.269 e. The maximum Gasteiger partial charge on any atom is 0.269 e. The Hall–Kier alpha value is -3.88. The van der Waals surface area contributed by atoms with Crippen molar-refractivity contribution in [2.75, 3.05) is 31.1 Å². The number of nitro groups is 1. The van der Waals surface area contributed by atoms with E-state index in [9.17, 15) is 14.9 Å². The fraction of sp³-hybridized carbons (Fsp3) is 0.200. The third kappa shape index (κ3) is 4.03. The van der Waals surface area contributed by atoms with Crippen LogP contribution in [0.5, 0.6) is 0 Å². The molecule has 0 N–H and O–H groups in total. The van der Waals surface area contributed by atoms with E-state index in [1.165, 1.54) is 24.3 Å². The van der Waals surface area contributed by atoms with Gasteiger partial charge in [-0.25, -0.2) is 0 Å². The van der Waals surface area contributed by atoms with E-state index in [-0.39, 0.29) is 11.6 Å². The zero-order valence-corrected chi connectivity index (χ0v) is 15.5. The van der Waals surface area contributed by atoms with E-state index in [0.717, 1.165) is 17.1 Å². The Morgan fingerprint density at radius 1 is 0.966 bits per heavy atom. The van der Waals surface area contributed by atoms with Crippen molar-refractivity contribution < 1.29 is 9.72 Å². The van der Waals surface area contributed by atoms with Crippen LogP contribution in [0.4, 0.5) is 11.5 Å². The molecule has 3 aromatic rings. The molecule has 0 radical (unpaired) electrons. The van der Waals surface area contributed by atoms with Gasteiger partial charge in [-0.2, -0.15) is 0 Å². The number of nitrogens with zero attached hydrogens (tertiary/aromatic N) is 6. The molecule has 4 rings (SSSR count). The molecule has 2 aromatic heterocycles. The van der Waals surface area contributed by atoms with Crippen molar-refractivity contribution in [1.29, 1.82) is 0 Å². The van der Waals surface area contributed by atoms with Crippen molar-refractivity contribution in [2.24, 2.45) is 0 Å². The third-order valence-corrected chi connectivity index (χ3v) is 4.82. The van der Waals surface area contributed by atoms with Crippen LogP contribution >= 0.6 is 0 Å². The number of benzene rings is 1. The zero-order chi connectivity index (χ0) is 20.2. The molecule has 0 bridgehead atoms. The molecule has 1 aliphatic heterocycles. The molecule has 0 saturated carbocycles. The van der Waals surface area contributed by atoms with Crippen LogP contribution in [-0.4, -0.2) is 57.1 Å². The standard InChI is InChI=1S/C20H18N6O3/c27-20(15-3-5-17(6-4-15)26(28)29)25-12-10-24(11-13-25)19-8-7-18(22-23-19)16-2-1-9-21-14-16/h1-9,14H,10-13H2. The number of amides is 1. The Morgan fingerprint density at radius 3 is 2.31 bits per heavy atom. The normalized spacial score (nSPS) is 13.9. The molecule has 1 aliphatic rings. The maximum absolute atomic E-state index is 12.6. The van der Waals surface area contributed by atoms with E-state index in [0.29, 0.717) is 31.7 Å². The third-order valence-electron chi connectivity index (χ3n) is 4.82. The number of carbonyl (C=O) groups is 1. The van der Waals surface area contributed by atoms with Gasteiger partial charge < -0.3 is 9.80 Å². The van der Waals surface area contributed by atoms with E-state index in [2.05, 4.69) is 20.1 Å². The SMILES string of the molecule is O=C(c1ccc([N+](=O)[O-])cc1)N1CCN(c2ccc(-c3cccnc3)nn2)CC1. The zero-order valence-electron chi connectivity index (χ0n) is 15.5. The van der Waals surface area contributed by atoms with Crippen LogP contribution in [0.25, 0.3) is 11.3 Å². The number of aromatic nitrogens is 3. The summed E-state index contributed by atoms with van der Waals surface area (Å²) >= 11 is 0. The van der Waals surface area contributed by atoms with Gasteiger partial charge in [-0.3, -0.25) is 19.9 Å². The molecule has 0 unspecified atom stereocenters. The van der Waals surface area contributed by atoms with Crippen molar-refractivity contribution in [3.8, 4) is 11.3 Å². The van der Waals surface area contributed by atoms with E-state index in [1.54, 1.807) is 17.3 Å². The summed E-state index contributed by atoms with van der Waals surface area (Å²) in [6.45, 7) is 2.36. The Labute approximate surface area is 166 Å². The maximum atomic E-state index is 12.6. The number of piperazine rings is 1. The van der Waals surface area contributed by atoms with Crippen molar-refractivity contribution in [3.63, 3.8) is 0 Å². The first-order valence-corrected chi connectivity index (χ1v) is 9.14. The molecule has 29 heavy (non-hydrogen) atoms. The van der Waals surface area contributed by atoms with Gasteiger partial charge in [0, 0.05) is 61.8 Å². The number of non-ortho nitro benzene ring substituents is 1. The van der Waals surface area contributed by atoms with E-state index < -0.39 is 4.92 Å². The van der Waals surface area contributed by atoms with Crippen molar-refractivity contribution in [3.05, 3.63) is 76.6 Å². The molecule has 0 spiro atoms. The van der Waals surface area contributed by atoms with E-state index >= 15 is 0 Å². The average molecular weight is 390 g/mol. The summed E-state index contributed by atoms with van der Waals surface area (Å²) in [5.74, 6) is 0.637. The van der Waals surface area contributed by atoms with Gasteiger partial charge in [0.05, 0.1) is 10.6 Å². The number of carbonyl (C=O) groups excluding carboxylic acids is 1. The minimum absolute atomic E-state index is 0.0281. The fourth-order valence-corrected chi connectivity index (χ4v) is 3.21. The monoisotopic (exact) mass is 390 g/mol. The van der Waals surface area contributed by atoms with Crippen LogP contribution in [0.2, 0.25) is 0 Å². The van der Waals surface area contributed by atoms with Gasteiger partial charge in [-0.05, 0) is 36.4 Å². The number of anilines is 1. The van der Waals surface area contributed by atoms with E-state index in [4.69, 9.17) is 0 Å². The molecule has 0 atom stereocenters. The summed E-state index contributed by atoms with van der Waals surface area (Å²) in [5, 5.41) is 19.3. The Bertz CT molecular complexity index is 1000. The second-order valence-electron chi connectivity index (χ2n) is 6.60. The molecule has 0 aliphatic carbocycles. The van der Waals surface area contributed by atoms with Crippen molar-refractivity contribution >= 4 is 17.4 Å². The van der Waals surface area contributed by atoms with Crippen LogP contribution in [0.1, 0.15) is 10.4 Å².